The maximum Gasteiger partial charge on any atom is 0.136 e. The van der Waals surface area contributed by atoms with Crippen molar-refractivity contribution in [3.05, 3.63) is 180 Å². The lowest BCUT2D eigenvalue weighted by atomic mass is 9.75. The molecule has 0 aliphatic carbocycles. The zero-order valence-corrected chi connectivity index (χ0v) is 34.8. The van der Waals surface area contributed by atoms with Crippen LogP contribution in [0, 0.1) is 0 Å². The molecule has 11 rings (SSSR count). The zero-order valence-electron chi connectivity index (χ0n) is 34.0. The molecule has 3 heterocycles. The summed E-state index contributed by atoms with van der Waals surface area (Å²) in [6.45, 7) is 11.8. The Morgan fingerprint density at radius 3 is 1.69 bits per heavy atom. The van der Waals surface area contributed by atoms with Crippen LogP contribution in [-0.4, -0.2) is 0 Å². The van der Waals surface area contributed by atoms with Gasteiger partial charge in [-0.05, 0) is 104 Å². The molecular formula is C56H44O2S. The minimum atomic E-state index is -0.169. The number of para-hydroxylation sites is 1. The average molecular weight is 781 g/mol. The van der Waals surface area contributed by atoms with Crippen LogP contribution >= 0.6 is 11.3 Å². The third-order valence-electron chi connectivity index (χ3n) is 12.4. The highest BCUT2D eigenvalue weighted by atomic mass is 32.1. The normalized spacial score (nSPS) is 12.6. The lowest BCUT2D eigenvalue weighted by molar-refractivity contribution is 0.524. The van der Waals surface area contributed by atoms with Gasteiger partial charge in [-0.25, -0.2) is 0 Å². The SMILES string of the molecule is CC(C)(C)c1c(-c2cccc3oc4ccccc4c23)cccc1-c1cccc2oc3ccc(CC(C)(C)c4ccccc4-c4cccc5c4sc4ccccc45)cc3c12. The van der Waals surface area contributed by atoms with Crippen LogP contribution in [0.1, 0.15) is 51.3 Å². The van der Waals surface area contributed by atoms with Crippen LogP contribution in [0.5, 0.6) is 0 Å². The predicted octanol–water partition coefficient (Wildman–Crippen LogP) is 16.7. The smallest absolute Gasteiger partial charge is 0.136 e. The lowest BCUT2D eigenvalue weighted by Crippen LogP contribution is -2.21. The van der Waals surface area contributed by atoms with E-state index >= 15 is 0 Å². The first kappa shape index (κ1) is 35.7. The maximum atomic E-state index is 6.65. The molecule has 0 N–H and O–H groups in total. The fourth-order valence-electron chi connectivity index (χ4n) is 9.89. The molecule has 0 unspecified atom stereocenters. The van der Waals surface area contributed by atoms with Crippen molar-refractivity contribution < 1.29 is 8.83 Å². The standard InChI is InChI=1S/C56H44O2S/c1-55(2,3)53-39(37-19-14-27-48-51(37)43-18-7-10-26-46(43)57-48)21-12-22-40(53)38-20-15-28-49-52(38)44-32-34(30-31-47(44)58-49)33-56(4,5)45-25-9-6-16-35(45)41-23-13-24-42-36-17-8-11-29-50(36)59-54(41)42/h6-32H,33H2,1-5H3. The van der Waals surface area contributed by atoms with E-state index in [2.05, 4.69) is 192 Å². The zero-order chi connectivity index (χ0) is 40.0. The Bertz CT molecular complexity index is 3430. The Morgan fingerprint density at radius 2 is 0.949 bits per heavy atom. The second-order valence-corrected chi connectivity index (χ2v) is 18.8. The molecule has 2 nitrogen and oxygen atoms in total. The van der Waals surface area contributed by atoms with Gasteiger partial charge in [0.05, 0.1) is 0 Å². The summed E-state index contributed by atoms with van der Waals surface area (Å²) in [6, 6.07) is 59.6. The molecule has 0 fully saturated rings. The summed E-state index contributed by atoms with van der Waals surface area (Å²) < 4.78 is 15.7. The largest absolute Gasteiger partial charge is 0.456 e. The number of fused-ring (bicyclic) bond motifs is 9. The van der Waals surface area contributed by atoms with E-state index in [0.29, 0.717) is 0 Å². The molecule has 0 saturated carbocycles. The van der Waals surface area contributed by atoms with Crippen molar-refractivity contribution in [1.29, 1.82) is 0 Å². The molecule has 0 aliphatic heterocycles. The van der Waals surface area contributed by atoms with Crippen LogP contribution in [-0.2, 0) is 17.3 Å². The highest BCUT2D eigenvalue weighted by Gasteiger charge is 2.29. The van der Waals surface area contributed by atoms with Crippen molar-refractivity contribution >= 4 is 75.4 Å². The van der Waals surface area contributed by atoms with Gasteiger partial charge in [0.2, 0.25) is 0 Å². The van der Waals surface area contributed by atoms with Gasteiger partial charge in [-0.1, -0.05) is 162 Å². The van der Waals surface area contributed by atoms with Crippen LogP contribution in [0.2, 0.25) is 0 Å². The lowest BCUT2D eigenvalue weighted by Gasteiger charge is -2.28. The number of benzene rings is 8. The fraction of sp³-hybridized carbons (Fsp3) is 0.143. The first-order chi connectivity index (χ1) is 28.6. The van der Waals surface area contributed by atoms with Gasteiger partial charge in [0.25, 0.3) is 0 Å². The molecule has 11 aromatic rings. The number of rotatable bonds is 6. The molecule has 0 atom stereocenters. The van der Waals surface area contributed by atoms with Gasteiger partial charge >= 0.3 is 0 Å². The molecule has 0 bridgehead atoms. The second kappa shape index (κ2) is 13.3. The van der Waals surface area contributed by atoms with E-state index in [1.165, 1.54) is 70.2 Å². The third-order valence-corrected chi connectivity index (χ3v) is 13.6. The molecule has 0 radical (unpaired) electrons. The first-order valence-electron chi connectivity index (χ1n) is 20.6. The fourth-order valence-corrected chi connectivity index (χ4v) is 11.1. The molecular weight excluding hydrogens is 737 g/mol. The van der Waals surface area contributed by atoms with Crippen molar-refractivity contribution in [3.63, 3.8) is 0 Å². The number of hydrogen-bond donors (Lipinski definition) is 0. The van der Waals surface area contributed by atoms with E-state index in [4.69, 9.17) is 8.83 Å². The Kier molecular flexibility index (Phi) is 8.06. The molecule has 3 heteroatoms. The molecule has 0 amide bonds. The minimum absolute atomic E-state index is 0.155. The maximum absolute atomic E-state index is 6.65. The summed E-state index contributed by atoms with van der Waals surface area (Å²) in [4.78, 5) is 0. The van der Waals surface area contributed by atoms with Crippen LogP contribution in [0.15, 0.2) is 173 Å². The Morgan fingerprint density at radius 1 is 0.424 bits per heavy atom. The minimum Gasteiger partial charge on any atom is -0.456 e. The van der Waals surface area contributed by atoms with E-state index in [-0.39, 0.29) is 10.8 Å². The van der Waals surface area contributed by atoms with E-state index in [0.717, 1.165) is 50.3 Å². The molecule has 59 heavy (non-hydrogen) atoms. The second-order valence-electron chi connectivity index (χ2n) is 17.8. The number of hydrogen-bond acceptors (Lipinski definition) is 3. The number of thiophene rings is 1. The van der Waals surface area contributed by atoms with Crippen molar-refractivity contribution in [1.82, 2.24) is 0 Å². The number of furan rings is 2. The van der Waals surface area contributed by atoms with Gasteiger partial charge in [-0.2, -0.15) is 0 Å². The van der Waals surface area contributed by atoms with Crippen molar-refractivity contribution in [2.75, 3.05) is 0 Å². The van der Waals surface area contributed by atoms with Gasteiger partial charge in [0, 0.05) is 41.7 Å². The third kappa shape index (κ3) is 5.74. The Hall–Kier alpha value is -6.42. The molecule has 0 spiro atoms. The highest BCUT2D eigenvalue weighted by Crippen LogP contribution is 2.48. The molecule has 3 aromatic heterocycles. The molecule has 8 aromatic carbocycles. The summed E-state index contributed by atoms with van der Waals surface area (Å²) in [5.41, 5.74) is 14.7. The van der Waals surface area contributed by atoms with Crippen LogP contribution < -0.4 is 0 Å². The predicted molar refractivity (Wildman–Crippen MR) is 252 cm³/mol. The summed E-state index contributed by atoms with van der Waals surface area (Å²) >= 11 is 1.90. The first-order valence-corrected chi connectivity index (χ1v) is 21.4. The summed E-state index contributed by atoms with van der Waals surface area (Å²) in [5, 5.41) is 7.27. The van der Waals surface area contributed by atoms with Gasteiger partial charge in [-0.15, -0.1) is 11.3 Å². The van der Waals surface area contributed by atoms with Crippen molar-refractivity contribution in [2.24, 2.45) is 0 Å². The summed E-state index contributed by atoms with van der Waals surface area (Å²) in [7, 11) is 0. The van der Waals surface area contributed by atoms with E-state index in [1.807, 2.05) is 17.4 Å². The van der Waals surface area contributed by atoms with Crippen molar-refractivity contribution in [3.8, 4) is 33.4 Å². The van der Waals surface area contributed by atoms with Gasteiger partial charge in [0.1, 0.15) is 22.3 Å². The highest BCUT2D eigenvalue weighted by molar-refractivity contribution is 7.26. The quantitative estimate of drug-likeness (QED) is 0.168. The topological polar surface area (TPSA) is 26.3 Å². The van der Waals surface area contributed by atoms with Gasteiger partial charge in [-0.3, -0.25) is 0 Å². The van der Waals surface area contributed by atoms with Crippen LogP contribution in [0.3, 0.4) is 0 Å². The average Bonchev–Trinajstić information content (AvgIpc) is 3.94. The Balaban J connectivity index is 1.04. The van der Waals surface area contributed by atoms with Crippen LogP contribution in [0.25, 0.3) is 97.4 Å². The summed E-state index contributed by atoms with van der Waals surface area (Å²) in [6.07, 6.45) is 0.878. The van der Waals surface area contributed by atoms with Crippen molar-refractivity contribution in [2.45, 2.75) is 51.9 Å². The van der Waals surface area contributed by atoms with E-state index in [9.17, 15) is 0 Å². The molecule has 0 saturated heterocycles. The molecule has 0 aliphatic rings. The van der Waals surface area contributed by atoms with Crippen LogP contribution in [0.4, 0.5) is 0 Å². The van der Waals surface area contributed by atoms with Gasteiger partial charge in [0.15, 0.2) is 0 Å². The molecule has 286 valence electrons. The Labute approximate surface area is 348 Å². The van der Waals surface area contributed by atoms with Gasteiger partial charge < -0.3 is 8.83 Å². The monoisotopic (exact) mass is 780 g/mol. The van der Waals surface area contributed by atoms with E-state index in [1.54, 1.807) is 0 Å². The summed E-state index contributed by atoms with van der Waals surface area (Å²) in [5.74, 6) is 0. The van der Waals surface area contributed by atoms with E-state index < -0.39 is 0 Å².